The molecule has 1 aromatic heterocycles. The highest BCUT2D eigenvalue weighted by Crippen LogP contribution is 2.52. The second-order valence-corrected chi connectivity index (χ2v) is 10.3. The number of aromatic amines is 1. The van der Waals surface area contributed by atoms with Gasteiger partial charge in [-0.1, -0.05) is 86.2 Å². The zero-order valence-electron chi connectivity index (χ0n) is 19.9. The predicted molar refractivity (Wildman–Crippen MR) is 139 cm³/mol. The molecule has 4 aromatic rings. The highest BCUT2D eigenvalue weighted by molar-refractivity contribution is 6.07. The summed E-state index contributed by atoms with van der Waals surface area (Å²) in [5, 5.41) is 4.12. The van der Waals surface area contributed by atoms with Crippen LogP contribution < -0.4 is 0 Å². The molecule has 6 rings (SSSR count). The molecular weight excluding hydrogens is 400 g/mol. The molecule has 0 bridgehead atoms. The summed E-state index contributed by atoms with van der Waals surface area (Å²) in [6.45, 7) is 5.95. The topological polar surface area (TPSA) is 19.0 Å². The van der Waals surface area contributed by atoms with E-state index in [2.05, 4.69) is 103 Å². The monoisotopic (exact) mass is 434 g/mol. The molecule has 2 heteroatoms. The van der Waals surface area contributed by atoms with E-state index in [1.807, 2.05) is 0 Å². The van der Waals surface area contributed by atoms with Crippen molar-refractivity contribution in [2.45, 2.75) is 52.0 Å². The van der Waals surface area contributed by atoms with E-state index < -0.39 is 0 Å². The first-order chi connectivity index (χ1) is 16.2. The normalized spacial score (nSPS) is 24.2. The average molecular weight is 435 g/mol. The standard InChI is InChI=1S/C31H34N2/c1-3-17-31-21-28-27-14-13-24-11-7-8-12-26(24)30(27)32-29(28)20-25(31)16-19-33(22(31)2)18-15-23-9-5-4-6-10-23/h4-14,16,19,22,25,32H,3,15,17-18,20-21H2,1-2H3/t22-,25?,31?/m1/s1. The molecule has 0 spiro atoms. The molecule has 1 aliphatic heterocycles. The Morgan fingerprint density at radius 3 is 2.64 bits per heavy atom. The van der Waals surface area contributed by atoms with Gasteiger partial charge in [-0.15, -0.1) is 0 Å². The quantitative estimate of drug-likeness (QED) is 0.350. The van der Waals surface area contributed by atoms with E-state index in [9.17, 15) is 0 Å². The second-order valence-electron chi connectivity index (χ2n) is 10.3. The minimum absolute atomic E-state index is 0.300. The number of fused-ring (bicyclic) bond motifs is 6. The number of aromatic nitrogens is 1. The summed E-state index contributed by atoms with van der Waals surface area (Å²) in [6.07, 6.45) is 10.9. The van der Waals surface area contributed by atoms with Crippen molar-refractivity contribution in [2.24, 2.45) is 11.3 Å². The Balaban J connectivity index is 1.37. The van der Waals surface area contributed by atoms with Crippen LogP contribution in [-0.2, 0) is 19.3 Å². The zero-order chi connectivity index (χ0) is 22.4. The van der Waals surface area contributed by atoms with E-state index >= 15 is 0 Å². The smallest absolute Gasteiger partial charge is 0.0538 e. The van der Waals surface area contributed by atoms with Gasteiger partial charge in [0, 0.05) is 34.5 Å². The summed E-state index contributed by atoms with van der Waals surface area (Å²) in [7, 11) is 0. The average Bonchev–Trinajstić information content (AvgIpc) is 3.21. The summed E-state index contributed by atoms with van der Waals surface area (Å²) in [5.74, 6) is 0.604. The van der Waals surface area contributed by atoms with Crippen molar-refractivity contribution in [1.82, 2.24) is 9.88 Å². The van der Waals surface area contributed by atoms with E-state index in [1.165, 1.54) is 52.2 Å². The molecule has 3 aromatic carbocycles. The Hall–Kier alpha value is -3.00. The third kappa shape index (κ3) is 3.30. The molecule has 1 N–H and O–H groups in total. The SMILES string of the molecule is CCCC12Cc3c([nH]c4c3ccc3ccccc34)CC1C=CN(CCc1ccccc1)[C@@H]2C. The molecule has 0 fully saturated rings. The number of hydrogen-bond donors (Lipinski definition) is 1. The van der Waals surface area contributed by atoms with Gasteiger partial charge in [0.15, 0.2) is 0 Å². The zero-order valence-corrected chi connectivity index (χ0v) is 19.9. The molecule has 2 unspecified atom stereocenters. The fourth-order valence-electron chi connectivity index (χ4n) is 6.82. The van der Waals surface area contributed by atoms with Gasteiger partial charge in [-0.05, 0) is 61.2 Å². The third-order valence-corrected chi connectivity index (χ3v) is 8.62. The molecule has 1 aliphatic carbocycles. The maximum atomic E-state index is 3.88. The molecule has 0 radical (unpaired) electrons. The Kier molecular flexibility index (Phi) is 5.05. The van der Waals surface area contributed by atoms with Crippen molar-refractivity contribution in [3.63, 3.8) is 0 Å². The molecule has 168 valence electrons. The highest BCUT2D eigenvalue weighted by atomic mass is 15.2. The van der Waals surface area contributed by atoms with Gasteiger partial charge >= 0.3 is 0 Å². The lowest BCUT2D eigenvalue weighted by Crippen LogP contribution is -2.54. The largest absolute Gasteiger partial charge is 0.374 e. The third-order valence-electron chi connectivity index (χ3n) is 8.62. The van der Waals surface area contributed by atoms with Crippen LogP contribution in [0.3, 0.4) is 0 Å². The van der Waals surface area contributed by atoms with Gasteiger partial charge in [-0.2, -0.15) is 0 Å². The van der Waals surface area contributed by atoms with Crippen molar-refractivity contribution in [3.05, 3.63) is 95.8 Å². The maximum absolute atomic E-state index is 3.88. The molecular formula is C31H34N2. The molecule has 2 heterocycles. The van der Waals surface area contributed by atoms with Gasteiger partial charge in [-0.25, -0.2) is 0 Å². The first kappa shape index (κ1) is 20.6. The Morgan fingerprint density at radius 2 is 1.79 bits per heavy atom. The van der Waals surface area contributed by atoms with Crippen LogP contribution in [0.5, 0.6) is 0 Å². The number of benzene rings is 3. The lowest BCUT2D eigenvalue weighted by molar-refractivity contribution is 0.0325. The Bertz CT molecular complexity index is 1320. The summed E-state index contributed by atoms with van der Waals surface area (Å²) in [4.78, 5) is 6.51. The Morgan fingerprint density at radius 1 is 0.970 bits per heavy atom. The lowest BCUT2D eigenvalue weighted by Gasteiger charge is -2.53. The number of allylic oxidation sites excluding steroid dienone is 1. The van der Waals surface area contributed by atoms with Crippen LogP contribution in [0.2, 0.25) is 0 Å². The van der Waals surface area contributed by atoms with Crippen molar-refractivity contribution >= 4 is 21.7 Å². The van der Waals surface area contributed by atoms with E-state index in [-0.39, 0.29) is 0 Å². The number of H-pyrrole nitrogens is 1. The van der Waals surface area contributed by atoms with Crippen LogP contribution in [0, 0.1) is 11.3 Å². The van der Waals surface area contributed by atoms with Gasteiger partial charge in [0.1, 0.15) is 0 Å². The second kappa shape index (κ2) is 8.09. The molecule has 2 aliphatic rings. The van der Waals surface area contributed by atoms with Crippen LogP contribution in [-0.4, -0.2) is 22.5 Å². The molecule has 0 amide bonds. The molecule has 3 atom stereocenters. The summed E-state index contributed by atoms with van der Waals surface area (Å²) < 4.78 is 0. The lowest BCUT2D eigenvalue weighted by atomic mass is 9.58. The van der Waals surface area contributed by atoms with Gasteiger partial charge in [0.05, 0.1) is 5.52 Å². The predicted octanol–water partition coefficient (Wildman–Crippen LogP) is 7.28. The van der Waals surface area contributed by atoms with Crippen molar-refractivity contribution < 1.29 is 0 Å². The Labute approximate surface area is 197 Å². The number of nitrogens with one attached hydrogen (secondary N) is 1. The van der Waals surface area contributed by atoms with Gasteiger partial charge in [0.2, 0.25) is 0 Å². The number of nitrogens with zero attached hydrogens (tertiary/aromatic N) is 1. The minimum atomic E-state index is 0.300. The summed E-state index contributed by atoms with van der Waals surface area (Å²) in [6, 6.07) is 24.9. The van der Waals surface area contributed by atoms with E-state index in [4.69, 9.17) is 0 Å². The van der Waals surface area contributed by atoms with Gasteiger partial charge in [-0.3, -0.25) is 0 Å². The van der Waals surface area contributed by atoms with Crippen LogP contribution in [0.15, 0.2) is 79.0 Å². The molecule has 33 heavy (non-hydrogen) atoms. The summed E-state index contributed by atoms with van der Waals surface area (Å²) >= 11 is 0. The first-order valence-electron chi connectivity index (χ1n) is 12.7. The van der Waals surface area contributed by atoms with Crippen LogP contribution in [0.4, 0.5) is 0 Å². The van der Waals surface area contributed by atoms with Crippen molar-refractivity contribution in [2.75, 3.05) is 6.54 Å². The molecule has 2 nitrogen and oxygen atoms in total. The van der Waals surface area contributed by atoms with Gasteiger partial charge in [0.25, 0.3) is 0 Å². The highest BCUT2D eigenvalue weighted by Gasteiger charge is 2.49. The maximum Gasteiger partial charge on any atom is 0.0538 e. The fraction of sp³-hybridized carbons (Fsp3) is 0.355. The minimum Gasteiger partial charge on any atom is -0.374 e. The van der Waals surface area contributed by atoms with E-state index in [0.717, 1.165) is 19.4 Å². The number of hydrogen-bond acceptors (Lipinski definition) is 1. The number of rotatable bonds is 5. The van der Waals surface area contributed by atoms with Crippen LogP contribution >= 0.6 is 0 Å². The van der Waals surface area contributed by atoms with Crippen LogP contribution in [0.25, 0.3) is 21.7 Å². The molecule has 0 saturated carbocycles. The molecule has 0 saturated heterocycles. The van der Waals surface area contributed by atoms with E-state index in [0.29, 0.717) is 17.4 Å². The van der Waals surface area contributed by atoms with Crippen molar-refractivity contribution in [3.8, 4) is 0 Å². The fourth-order valence-corrected chi connectivity index (χ4v) is 6.82. The van der Waals surface area contributed by atoms with Crippen molar-refractivity contribution in [1.29, 1.82) is 0 Å². The summed E-state index contributed by atoms with van der Waals surface area (Å²) in [5.41, 5.74) is 6.10. The van der Waals surface area contributed by atoms with Gasteiger partial charge < -0.3 is 9.88 Å². The van der Waals surface area contributed by atoms with Crippen LogP contribution in [0.1, 0.15) is 43.5 Å². The first-order valence-corrected chi connectivity index (χ1v) is 12.7. The van der Waals surface area contributed by atoms with E-state index in [1.54, 1.807) is 5.56 Å².